The molecule has 0 aromatic heterocycles. The van der Waals surface area contributed by atoms with Gasteiger partial charge in [0.05, 0.1) is 0 Å². The summed E-state index contributed by atoms with van der Waals surface area (Å²) in [7, 11) is -11.7. The Hall–Kier alpha value is -2.57. The molecule has 10 radical (unpaired) electrons. The van der Waals surface area contributed by atoms with E-state index in [4.69, 9.17) is 25.9 Å². The van der Waals surface area contributed by atoms with E-state index >= 15 is 0 Å². The number of hydrogen-bond donors (Lipinski definition) is 2. The number of fused-ring (bicyclic) bond motifs is 2. The number of hydrogen-bond acceptors (Lipinski definition) is 4. The number of alkyl halides is 6. The molecule has 0 spiro atoms. The second-order valence-corrected chi connectivity index (χ2v) is 13.4. The molecule has 0 heterocycles. The van der Waals surface area contributed by atoms with Crippen LogP contribution >= 0.6 is 0 Å². The van der Waals surface area contributed by atoms with Crippen LogP contribution in [0.25, 0.3) is 11.1 Å². The van der Waals surface area contributed by atoms with Crippen molar-refractivity contribution in [3.63, 3.8) is 0 Å². The average molecular weight is 793 g/mol. The van der Waals surface area contributed by atoms with Crippen molar-refractivity contribution in [2.45, 2.75) is 24.9 Å². The third-order valence-electron chi connectivity index (χ3n) is 7.24. The van der Waals surface area contributed by atoms with E-state index in [0.717, 1.165) is 0 Å². The first-order valence-electron chi connectivity index (χ1n) is 13.8. The summed E-state index contributed by atoms with van der Waals surface area (Å²) in [5.41, 5.74) is -3.19. The predicted molar refractivity (Wildman–Crippen MR) is 175 cm³/mol. The van der Waals surface area contributed by atoms with Crippen LogP contribution in [-0.2, 0) is 42.0 Å². The summed E-state index contributed by atoms with van der Waals surface area (Å²) < 4.78 is 115. The normalized spacial score (nSPS) is 18.3. The van der Waals surface area contributed by atoms with Crippen molar-refractivity contribution in [2.75, 3.05) is 0 Å². The Balaban J connectivity index is 0.000000580. The minimum atomic E-state index is -5.84. The molecule has 0 bridgehead atoms. The molecular formula is C34H30F6O8S2Ti+2. The van der Waals surface area contributed by atoms with Gasteiger partial charge < -0.3 is 11.0 Å². The first-order chi connectivity index (χ1) is 22.2. The molecule has 6 N–H and O–H groups in total. The van der Waals surface area contributed by atoms with Gasteiger partial charge in [-0.2, -0.15) is 43.2 Å². The second-order valence-electron chi connectivity index (χ2n) is 10.6. The summed E-state index contributed by atoms with van der Waals surface area (Å²) in [6.07, 6.45) is 26.5. The van der Waals surface area contributed by atoms with E-state index < -0.39 is 31.3 Å². The van der Waals surface area contributed by atoms with Crippen molar-refractivity contribution < 1.29 is 85.0 Å². The molecule has 0 aliphatic heterocycles. The van der Waals surface area contributed by atoms with Gasteiger partial charge in [0.2, 0.25) is 0 Å². The summed E-state index contributed by atoms with van der Waals surface area (Å²) in [6.45, 7) is 4.47. The minimum Gasteiger partial charge on any atom is -0.412 e. The van der Waals surface area contributed by atoms with E-state index in [-0.39, 0.29) is 32.7 Å². The van der Waals surface area contributed by atoms with E-state index in [1.165, 1.54) is 68.9 Å². The number of benzene rings is 2. The molecule has 2 aromatic rings. The van der Waals surface area contributed by atoms with Gasteiger partial charge in [0.1, 0.15) is 0 Å². The van der Waals surface area contributed by atoms with E-state index in [1.54, 1.807) is 0 Å². The zero-order chi connectivity index (χ0) is 35.7. The molecule has 8 nitrogen and oxygen atoms in total. The Morgan fingerprint density at radius 1 is 0.490 bits per heavy atom. The molecule has 0 atom stereocenters. The third-order valence-corrected chi connectivity index (χ3v) is 8.41. The van der Waals surface area contributed by atoms with Gasteiger partial charge in [-0.15, -0.1) is 0 Å². The van der Waals surface area contributed by atoms with E-state index in [1.807, 2.05) is 0 Å². The van der Waals surface area contributed by atoms with Gasteiger partial charge in [-0.05, 0) is 72.9 Å². The first kappa shape index (κ1) is 46.5. The fourth-order valence-electron chi connectivity index (χ4n) is 5.09. The zero-order valence-corrected chi connectivity index (χ0v) is 29.7. The maximum absolute atomic E-state index is 10.7. The molecule has 6 rings (SSSR count). The van der Waals surface area contributed by atoms with Crippen LogP contribution in [0.4, 0.5) is 26.3 Å². The van der Waals surface area contributed by atoms with Crippen molar-refractivity contribution in [1.82, 2.24) is 0 Å². The van der Waals surface area contributed by atoms with Gasteiger partial charge in [0.25, 0.3) is 0 Å². The molecule has 0 amide bonds. The summed E-state index contributed by atoms with van der Waals surface area (Å²) in [5.74, 6) is 7.74. The van der Waals surface area contributed by atoms with Crippen LogP contribution in [-0.4, -0.2) is 47.9 Å². The molecule has 0 unspecified atom stereocenters. The third kappa shape index (κ3) is 11.2. The minimum absolute atomic E-state index is 0. The molecule has 2 aromatic carbocycles. The summed E-state index contributed by atoms with van der Waals surface area (Å²) in [5, 5.41) is 0. The first-order valence-corrected chi connectivity index (χ1v) is 16.7. The standard InChI is InChI=1S/C32H24.2CHF3O3S.2H2O.Ti/c1-21-9-7-15-29(27-17-23-11-3-4-12-24(23)18-27)31(21)32-22(2)10-8-16-30(32)28-19-25-13-5-6-14-26(25)20-28;2*2-1(3,4)8(5,6)7;;;/h3-20H,1-2H3;2*(H,5,6,7);2*1H2;/q;;;;;+2. The molecule has 0 saturated heterocycles. The fraction of sp³-hybridized carbons (Fsp3) is 0.118. The Kier molecular flexibility index (Phi) is 16.4. The molecule has 2 saturated carbocycles. The van der Waals surface area contributed by atoms with Crippen LogP contribution < -0.4 is 0 Å². The van der Waals surface area contributed by atoms with Crippen LogP contribution in [0.2, 0.25) is 0 Å². The van der Waals surface area contributed by atoms with Crippen molar-refractivity contribution >= 4 is 20.2 Å². The maximum Gasteiger partial charge on any atom is 2.00 e. The van der Waals surface area contributed by atoms with Gasteiger partial charge in [-0.25, -0.2) is 0 Å². The van der Waals surface area contributed by atoms with Crippen LogP contribution in [0.5, 0.6) is 0 Å². The van der Waals surface area contributed by atoms with Gasteiger partial charge in [0.15, 0.2) is 0 Å². The topological polar surface area (TPSA) is 172 Å². The van der Waals surface area contributed by atoms with Gasteiger partial charge in [-0.3, -0.25) is 9.11 Å². The van der Waals surface area contributed by atoms with Crippen LogP contribution in [0.3, 0.4) is 0 Å². The number of rotatable bonds is 3. The molecule has 51 heavy (non-hydrogen) atoms. The summed E-state index contributed by atoms with van der Waals surface area (Å²) in [6, 6.07) is 13.4. The Labute approximate surface area is 308 Å². The maximum atomic E-state index is 10.7. The van der Waals surface area contributed by atoms with Gasteiger partial charge >= 0.3 is 53.0 Å². The average Bonchev–Trinajstić information content (AvgIpc) is 3.60. The second kappa shape index (κ2) is 18.0. The van der Waals surface area contributed by atoms with Gasteiger partial charge in [0, 0.05) is 35.5 Å². The van der Waals surface area contributed by atoms with Crippen LogP contribution in [0, 0.1) is 75.0 Å². The molecule has 270 valence electrons. The SMILES string of the molecule is Cc1cccc([C]2[CH][C]3C=CC=C[C]3[CH]2)c1-c1c(C)cccc1[C]1[CH][C]2C=CC=C[C]2[CH]1.O.O.O=S(=O)(O)C(F)(F)F.O=S(=O)(O)C(F)(F)F.[Ti+2]. The monoisotopic (exact) mass is 792 g/mol. The van der Waals surface area contributed by atoms with Gasteiger partial charge in [-0.1, -0.05) is 85.0 Å². The summed E-state index contributed by atoms with van der Waals surface area (Å²) in [4.78, 5) is 0. The quantitative estimate of drug-likeness (QED) is 0.159. The summed E-state index contributed by atoms with van der Waals surface area (Å²) >= 11 is 0. The number of aryl methyl sites for hydroxylation is 2. The molecule has 4 aliphatic carbocycles. The smallest absolute Gasteiger partial charge is 0.412 e. The number of allylic oxidation sites excluding steroid dienone is 8. The Bertz CT molecular complexity index is 1660. The number of halogens is 6. The van der Waals surface area contributed by atoms with Crippen molar-refractivity contribution in [3.8, 4) is 11.1 Å². The Morgan fingerprint density at radius 2 is 0.725 bits per heavy atom. The molecular weight excluding hydrogens is 762 g/mol. The van der Waals surface area contributed by atoms with Crippen LogP contribution in [0.1, 0.15) is 22.3 Å². The molecule has 2 fully saturated rings. The van der Waals surface area contributed by atoms with E-state index in [2.05, 4.69) is 125 Å². The van der Waals surface area contributed by atoms with E-state index in [9.17, 15) is 26.3 Å². The Morgan fingerprint density at radius 3 is 0.941 bits per heavy atom. The van der Waals surface area contributed by atoms with Crippen molar-refractivity contribution in [3.05, 3.63) is 168 Å². The largest absolute Gasteiger partial charge is 2.00 e. The van der Waals surface area contributed by atoms with E-state index in [0.29, 0.717) is 0 Å². The predicted octanol–water partition coefficient (Wildman–Crippen LogP) is 6.35. The molecule has 17 heteroatoms. The zero-order valence-electron chi connectivity index (χ0n) is 26.5. The van der Waals surface area contributed by atoms with Crippen molar-refractivity contribution in [2.24, 2.45) is 0 Å². The van der Waals surface area contributed by atoms with Crippen LogP contribution in [0.15, 0.2) is 85.0 Å². The fourth-order valence-corrected chi connectivity index (χ4v) is 5.09. The van der Waals surface area contributed by atoms with Crippen molar-refractivity contribution in [1.29, 1.82) is 0 Å². The molecule has 4 aliphatic rings.